The Balaban J connectivity index is 1.93. The SMILES string of the molecule is CC(C)N1CCC(CC(=O)N[C@@H](C(=O)O)c2ccccc2Cl)CC1. The summed E-state index contributed by atoms with van der Waals surface area (Å²) in [5, 5.41) is 12.4. The number of carbonyl (C=O) groups is 2. The van der Waals surface area contributed by atoms with E-state index >= 15 is 0 Å². The average Bonchev–Trinajstić information content (AvgIpc) is 2.53. The van der Waals surface area contributed by atoms with Crippen molar-refractivity contribution < 1.29 is 14.7 Å². The van der Waals surface area contributed by atoms with Crippen molar-refractivity contribution in [2.45, 2.75) is 45.2 Å². The zero-order valence-electron chi connectivity index (χ0n) is 14.2. The van der Waals surface area contributed by atoms with Crippen LogP contribution >= 0.6 is 11.6 Å². The Kier molecular flexibility index (Phi) is 6.63. The molecule has 1 atom stereocenters. The van der Waals surface area contributed by atoms with Crippen LogP contribution in [0.25, 0.3) is 0 Å². The fourth-order valence-corrected chi connectivity index (χ4v) is 3.38. The highest BCUT2D eigenvalue weighted by Crippen LogP contribution is 2.25. The van der Waals surface area contributed by atoms with E-state index in [1.165, 1.54) is 0 Å². The zero-order valence-corrected chi connectivity index (χ0v) is 14.9. The number of hydrogen-bond donors (Lipinski definition) is 2. The van der Waals surface area contributed by atoms with Crippen molar-refractivity contribution in [1.82, 2.24) is 10.2 Å². The van der Waals surface area contributed by atoms with Gasteiger partial charge in [0.1, 0.15) is 0 Å². The Morgan fingerprint density at radius 2 is 1.92 bits per heavy atom. The molecule has 0 spiro atoms. The number of piperidine rings is 1. The molecular weight excluding hydrogens is 328 g/mol. The second kappa shape index (κ2) is 8.49. The monoisotopic (exact) mass is 352 g/mol. The molecule has 0 bridgehead atoms. The minimum Gasteiger partial charge on any atom is -0.479 e. The first-order valence-electron chi connectivity index (χ1n) is 8.39. The van der Waals surface area contributed by atoms with Gasteiger partial charge in [-0.2, -0.15) is 0 Å². The summed E-state index contributed by atoms with van der Waals surface area (Å²) in [6, 6.07) is 6.11. The van der Waals surface area contributed by atoms with Crippen LogP contribution in [0.5, 0.6) is 0 Å². The van der Waals surface area contributed by atoms with E-state index in [2.05, 4.69) is 24.1 Å². The molecule has 132 valence electrons. The van der Waals surface area contributed by atoms with E-state index in [9.17, 15) is 14.7 Å². The molecule has 1 saturated heterocycles. The van der Waals surface area contributed by atoms with Crippen LogP contribution in [0.2, 0.25) is 5.02 Å². The number of nitrogens with zero attached hydrogens (tertiary/aromatic N) is 1. The van der Waals surface area contributed by atoms with Gasteiger partial charge in [-0.15, -0.1) is 0 Å². The smallest absolute Gasteiger partial charge is 0.330 e. The molecule has 0 radical (unpaired) electrons. The molecule has 1 heterocycles. The summed E-state index contributed by atoms with van der Waals surface area (Å²) in [5.41, 5.74) is 0.412. The first kappa shape index (κ1) is 18.7. The van der Waals surface area contributed by atoms with Gasteiger partial charge in [-0.05, 0) is 51.8 Å². The Morgan fingerprint density at radius 3 is 2.46 bits per heavy atom. The quantitative estimate of drug-likeness (QED) is 0.825. The van der Waals surface area contributed by atoms with Gasteiger partial charge in [0, 0.05) is 23.0 Å². The largest absolute Gasteiger partial charge is 0.479 e. The van der Waals surface area contributed by atoms with E-state index in [4.69, 9.17) is 11.6 Å². The fourth-order valence-electron chi connectivity index (χ4n) is 3.14. The van der Waals surface area contributed by atoms with Gasteiger partial charge in [-0.3, -0.25) is 4.79 Å². The standard InChI is InChI=1S/C18H25ClN2O3/c1-12(2)21-9-7-13(8-10-21)11-16(22)20-17(18(23)24)14-5-3-4-6-15(14)19/h3-6,12-13,17H,7-11H2,1-2H3,(H,20,22)(H,23,24)/t17-/m1/s1. The van der Waals surface area contributed by atoms with Gasteiger partial charge in [0.25, 0.3) is 0 Å². The van der Waals surface area contributed by atoms with Crippen LogP contribution in [-0.4, -0.2) is 41.0 Å². The van der Waals surface area contributed by atoms with E-state index in [0.29, 0.717) is 29.0 Å². The number of rotatable bonds is 6. The van der Waals surface area contributed by atoms with E-state index in [0.717, 1.165) is 25.9 Å². The maximum Gasteiger partial charge on any atom is 0.330 e. The number of carbonyl (C=O) groups excluding carboxylic acids is 1. The molecule has 1 aliphatic heterocycles. The van der Waals surface area contributed by atoms with E-state index < -0.39 is 12.0 Å². The maximum atomic E-state index is 12.3. The molecule has 0 saturated carbocycles. The summed E-state index contributed by atoms with van der Waals surface area (Å²) in [6.07, 6.45) is 2.30. The number of likely N-dealkylation sites (tertiary alicyclic amines) is 1. The van der Waals surface area contributed by atoms with Crippen LogP contribution in [-0.2, 0) is 9.59 Å². The highest BCUT2D eigenvalue weighted by molar-refractivity contribution is 6.31. The minimum absolute atomic E-state index is 0.231. The third-order valence-electron chi connectivity index (χ3n) is 4.62. The molecule has 1 fully saturated rings. The molecule has 1 amide bonds. The van der Waals surface area contributed by atoms with Crippen molar-refractivity contribution in [3.8, 4) is 0 Å². The van der Waals surface area contributed by atoms with Crippen molar-refractivity contribution >= 4 is 23.5 Å². The van der Waals surface area contributed by atoms with Crippen LogP contribution in [0, 0.1) is 5.92 Å². The minimum atomic E-state index is -1.11. The molecule has 0 unspecified atom stereocenters. The van der Waals surface area contributed by atoms with Gasteiger partial charge in [-0.25, -0.2) is 4.79 Å². The topological polar surface area (TPSA) is 69.6 Å². The highest BCUT2D eigenvalue weighted by atomic mass is 35.5. The van der Waals surface area contributed by atoms with E-state index in [-0.39, 0.29) is 5.91 Å². The predicted molar refractivity (Wildman–Crippen MR) is 94.0 cm³/mol. The third-order valence-corrected chi connectivity index (χ3v) is 4.97. The first-order valence-corrected chi connectivity index (χ1v) is 8.77. The molecule has 5 nitrogen and oxygen atoms in total. The van der Waals surface area contributed by atoms with Crippen LogP contribution in [0.4, 0.5) is 0 Å². The third kappa shape index (κ3) is 4.95. The predicted octanol–water partition coefficient (Wildman–Crippen LogP) is 3.09. The lowest BCUT2D eigenvalue weighted by atomic mass is 9.92. The Bertz CT molecular complexity index is 583. The van der Waals surface area contributed by atoms with Gasteiger partial charge >= 0.3 is 5.97 Å². The van der Waals surface area contributed by atoms with Gasteiger partial charge in [0.2, 0.25) is 5.91 Å². The molecule has 24 heavy (non-hydrogen) atoms. The highest BCUT2D eigenvalue weighted by Gasteiger charge is 2.27. The Hall–Kier alpha value is -1.59. The first-order chi connectivity index (χ1) is 11.4. The van der Waals surface area contributed by atoms with Gasteiger partial charge in [0.05, 0.1) is 0 Å². The molecule has 0 aromatic heterocycles. The molecule has 6 heteroatoms. The number of halogens is 1. The Labute approximate surface area is 148 Å². The Morgan fingerprint density at radius 1 is 1.29 bits per heavy atom. The van der Waals surface area contributed by atoms with Gasteiger partial charge in [0.15, 0.2) is 6.04 Å². The van der Waals surface area contributed by atoms with Crippen LogP contribution in [0.1, 0.15) is 44.7 Å². The second-order valence-electron chi connectivity index (χ2n) is 6.64. The number of nitrogens with one attached hydrogen (secondary N) is 1. The summed E-state index contributed by atoms with van der Waals surface area (Å²) >= 11 is 6.06. The van der Waals surface area contributed by atoms with Gasteiger partial charge in [-0.1, -0.05) is 29.8 Å². The van der Waals surface area contributed by atoms with Crippen LogP contribution < -0.4 is 5.32 Å². The molecule has 1 aromatic rings. The zero-order chi connectivity index (χ0) is 17.7. The van der Waals surface area contributed by atoms with Crippen molar-refractivity contribution in [2.75, 3.05) is 13.1 Å². The van der Waals surface area contributed by atoms with Crippen LogP contribution in [0.15, 0.2) is 24.3 Å². The maximum absolute atomic E-state index is 12.3. The molecule has 0 aliphatic carbocycles. The molecule has 1 aliphatic rings. The number of carboxylic acids is 1. The van der Waals surface area contributed by atoms with Crippen molar-refractivity contribution in [2.24, 2.45) is 5.92 Å². The van der Waals surface area contributed by atoms with Crippen molar-refractivity contribution in [3.05, 3.63) is 34.9 Å². The second-order valence-corrected chi connectivity index (χ2v) is 7.04. The summed E-state index contributed by atoms with van der Waals surface area (Å²) < 4.78 is 0. The number of benzene rings is 1. The summed E-state index contributed by atoms with van der Waals surface area (Å²) in [4.78, 5) is 26.2. The lowest BCUT2D eigenvalue weighted by Gasteiger charge is -2.34. The molecule has 2 rings (SSSR count). The summed E-state index contributed by atoms with van der Waals surface area (Å²) in [7, 11) is 0. The normalized spacial score (nSPS) is 17.7. The number of hydrogen-bond acceptors (Lipinski definition) is 3. The lowest BCUT2D eigenvalue weighted by molar-refractivity contribution is -0.142. The van der Waals surface area contributed by atoms with Crippen molar-refractivity contribution in [1.29, 1.82) is 0 Å². The summed E-state index contributed by atoms with van der Waals surface area (Å²) in [6.45, 7) is 6.33. The molecule has 2 N–H and O–H groups in total. The van der Waals surface area contributed by atoms with E-state index in [1.807, 2.05) is 0 Å². The number of amides is 1. The van der Waals surface area contributed by atoms with Gasteiger partial charge < -0.3 is 15.3 Å². The molecular formula is C18H25ClN2O3. The van der Waals surface area contributed by atoms with Crippen molar-refractivity contribution in [3.63, 3.8) is 0 Å². The van der Waals surface area contributed by atoms with E-state index in [1.54, 1.807) is 24.3 Å². The average molecular weight is 353 g/mol. The van der Waals surface area contributed by atoms with Crippen LogP contribution in [0.3, 0.4) is 0 Å². The fraction of sp³-hybridized carbons (Fsp3) is 0.556. The number of aliphatic carboxylic acids is 1. The summed E-state index contributed by atoms with van der Waals surface area (Å²) in [5.74, 6) is -1.03. The molecule has 1 aromatic carbocycles. The number of carboxylic acid groups (broad SMARTS) is 1. The lowest BCUT2D eigenvalue weighted by Crippen LogP contribution is -2.40.